The Bertz CT molecular complexity index is 545. The summed E-state index contributed by atoms with van der Waals surface area (Å²) in [4.78, 5) is 24.8. The monoisotopic (exact) mass is 306 g/mol. The van der Waals surface area contributed by atoms with Crippen LogP contribution in [0.1, 0.15) is 26.3 Å². The molecule has 0 radical (unpaired) electrons. The predicted octanol–water partition coefficient (Wildman–Crippen LogP) is 1.85. The summed E-state index contributed by atoms with van der Waals surface area (Å²) in [6.07, 6.45) is -0.481. The van der Waals surface area contributed by atoms with Gasteiger partial charge in [0.15, 0.2) is 5.54 Å². The first-order valence-electron chi connectivity index (χ1n) is 7.22. The van der Waals surface area contributed by atoms with Gasteiger partial charge in [-0.05, 0) is 26.3 Å². The molecule has 1 heterocycles. The standard InChI is InChI=1S/C16H22N2O4/c1-15(2,3)22-14(21)18-10-16(11-18,13(19)20)17-9-12-7-5-4-6-8-12/h4-8,17H,9-11H2,1-3H3,(H,19,20). The van der Waals surface area contributed by atoms with Crippen LogP contribution in [-0.4, -0.2) is 46.3 Å². The van der Waals surface area contributed by atoms with E-state index in [1.165, 1.54) is 4.90 Å². The van der Waals surface area contributed by atoms with Crippen molar-refractivity contribution in [1.29, 1.82) is 0 Å². The van der Waals surface area contributed by atoms with Crippen LogP contribution in [-0.2, 0) is 16.1 Å². The molecule has 1 amide bonds. The Morgan fingerprint density at radius 3 is 2.36 bits per heavy atom. The van der Waals surface area contributed by atoms with Crippen molar-refractivity contribution in [3.63, 3.8) is 0 Å². The molecule has 1 aliphatic heterocycles. The highest BCUT2D eigenvalue weighted by atomic mass is 16.6. The van der Waals surface area contributed by atoms with Crippen molar-refractivity contribution in [3.8, 4) is 0 Å². The number of likely N-dealkylation sites (tertiary alicyclic amines) is 1. The maximum absolute atomic E-state index is 11.9. The molecule has 0 saturated carbocycles. The highest BCUT2D eigenvalue weighted by molar-refractivity contribution is 5.84. The van der Waals surface area contributed by atoms with Crippen LogP contribution in [0.15, 0.2) is 30.3 Å². The number of nitrogens with zero attached hydrogens (tertiary/aromatic N) is 1. The van der Waals surface area contributed by atoms with Gasteiger partial charge in [0.2, 0.25) is 0 Å². The maximum Gasteiger partial charge on any atom is 0.410 e. The van der Waals surface area contributed by atoms with Crippen molar-refractivity contribution in [2.24, 2.45) is 0 Å². The fraction of sp³-hybridized carbons (Fsp3) is 0.500. The van der Waals surface area contributed by atoms with Gasteiger partial charge in [-0.15, -0.1) is 0 Å². The number of carboxylic acid groups (broad SMARTS) is 1. The van der Waals surface area contributed by atoms with Gasteiger partial charge in [0.25, 0.3) is 0 Å². The van der Waals surface area contributed by atoms with Gasteiger partial charge in [0, 0.05) is 6.54 Å². The zero-order valence-electron chi connectivity index (χ0n) is 13.1. The lowest BCUT2D eigenvalue weighted by Gasteiger charge is -2.47. The SMILES string of the molecule is CC(C)(C)OC(=O)N1CC(NCc2ccccc2)(C(=O)O)C1. The van der Waals surface area contributed by atoms with Crippen LogP contribution in [0.2, 0.25) is 0 Å². The highest BCUT2D eigenvalue weighted by Gasteiger charge is 2.52. The molecule has 22 heavy (non-hydrogen) atoms. The molecule has 0 bridgehead atoms. The minimum absolute atomic E-state index is 0.101. The molecule has 2 N–H and O–H groups in total. The maximum atomic E-state index is 11.9. The zero-order chi connectivity index (χ0) is 16.4. The van der Waals surface area contributed by atoms with E-state index in [4.69, 9.17) is 4.74 Å². The van der Waals surface area contributed by atoms with Crippen LogP contribution < -0.4 is 5.32 Å². The van der Waals surface area contributed by atoms with Crippen LogP contribution in [0.5, 0.6) is 0 Å². The fourth-order valence-electron chi connectivity index (χ4n) is 2.25. The van der Waals surface area contributed by atoms with E-state index in [-0.39, 0.29) is 13.1 Å². The van der Waals surface area contributed by atoms with Gasteiger partial charge in [0.1, 0.15) is 5.60 Å². The van der Waals surface area contributed by atoms with Crippen LogP contribution in [0.25, 0.3) is 0 Å². The van der Waals surface area contributed by atoms with Crippen molar-refractivity contribution in [2.45, 2.75) is 38.5 Å². The van der Waals surface area contributed by atoms with E-state index in [2.05, 4.69) is 5.32 Å². The molecule has 0 atom stereocenters. The largest absolute Gasteiger partial charge is 0.480 e. The molecule has 1 aromatic carbocycles. The van der Waals surface area contributed by atoms with Gasteiger partial charge in [-0.3, -0.25) is 10.1 Å². The molecule has 120 valence electrons. The van der Waals surface area contributed by atoms with Crippen molar-refractivity contribution in [2.75, 3.05) is 13.1 Å². The summed E-state index contributed by atoms with van der Waals surface area (Å²) in [6, 6.07) is 9.56. The van der Waals surface area contributed by atoms with Gasteiger partial charge < -0.3 is 14.7 Å². The van der Waals surface area contributed by atoms with Gasteiger partial charge >= 0.3 is 12.1 Å². The average molecular weight is 306 g/mol. The number of hydrogen-bond donors (Lipinski definition) is 2. The number of carbonyl (C=O) groups excluding carboxylic acids is 1. The lowest BCUT2D eigenvalue weighted by molar-refractivity contribution is -0.152. The van der Waals surface area contributed by atoms with Crippen molar-refractivity contribution < 1.29 is 19.4 Å². The van der Waals surface area contributed by atoms with Gasteiger partial charge in [-0.1, -0.05) is 30.3 Å². The first kappa shape index (κ1) is 16.3. The molecular weight excluding hydrogens is 284 g/mol. The van der Waals surface area contributed by atoms with E-state index in [9.17, 15) is 14.7 Å². The topological polar surface area (TPSA) is 78.9 Å². The Kier molecular flexibility index (Phi) is 4.42. The van der Waals surface area contributed by atoms with Crippen LogP contribution in [0.4, 0.5) is 4.79 Å². The summed E-state index contributed by atoms with van der Waals surface area (Å²) in [7, 11) is 0. The van der Waals surface area contributed by atoms with E-state index in [1.807, 2.05) is 30.3 Å². The summed E-state index contributed by atoms with van der Waals surface area (Å²) < 4.78 is 5.24. The van der Waals surface area contributed by atoms with Crippen molar-refractivity contribution >= 4 is 12.1 Å². The third-order valence-electron chi connectivity index (χ3n) is 3.46. The number of carbonyl (C=O) groups is 2. The summed E-state index contributed by atoms with van der Waals surface area (Å²) in [5.74, 6) is -0.955. The molecule has 0 aliphatic carbocycles. The Balaban J connectivity index is 1.93. The van der Waals surface area contributed by atoms with Crippen molar-refractivity contribution in [1.82, 2.24) is 10.2 Å². The molecule has 2 rings (SSSR count). The minimum atomic E-state index is -1.10. The number of carboxylic acids is 1. The van der Waals surface area contributed by atoms with E-state index >= 15 is 0 Å². The summed E-state index contributed by atoms with van der Waals surface area (Å²) >= 11 is 0. The normalized spacial score (nSPS) is 16.8. The summed E-state index contributed by atoms with van der Waals surface area (Å²) in [5.41, 5.74) is -0.693. The Morgan fingerprint density at radius 1 is 1.27 bits per heavy atom. The van der Waals surface area contributed by atoms with Gasteiger partial charge in [0.05, 0.1) is 13.1 Å². The van der Waals surface area contributed by atoms with Crippen LogP contribution >= 0.6 is 0 Å². The molecule has 6 nitrogen and oxygen atoms in total. The number of hydrogen-bond acceptors (Lipinski definition) is 4. The average Bonchev–Trinajstić information content (AvgIpc) is 2.36. The Labute approximate surface area is 130 Å². The van der Waals surface area contributed by atoms with Gasteiger partial charge in [-0.2, -0.15) is 0 Å². The van der Waals surface area contributed by atoms with Gasteiger partial charge in [-0.25, -0.2) is 4.79 Å². The fourth-order valence-corrected chi connectivity index (χ4v) is 2.25. The second-order valence-corrected chi connectivity index (χ2v) is 6.56. The molecule has 1 saturated heterocycles. The molecule has 1 aliphatic rings. The van der Waals surface area contributed by atoms with Crippen molar-refractivity contribution in [3.05, 3.63) is 35.9 Å². The first-order valence-corrected chi connectivity index (χ1v) is 7.22. The van der Waals surface area contributed by atoms with Crippen LogP contribution in [0.3, 0.4) is 0 Å². The van der Waals surface area contributed by atoms with E-state index < -0.39 is 23.2 Å². The first-order chi connectivity index (χ1) is 10.2. The van der Waals surface area contributed by atoms with E-state index in [0.717, 1.165) is 5.56 Å². The van der Waals surface area contributed by atoms with E-state index in [0.29, 0.717) is 6.54 Å². The quantitative estimate of drug-likeness (QED) is 0.887. The Hall–Kier alpha value is -2.08. The number of rotatable bonds is 4. The zero-order valence-corrected chi connectivity index (χ0v) is 13.1. The number of ether oxygens (including phenoxy) is 1. The van der Waals surface area contributed by atoms with E-state index in [1.54, 1.807) is 20.8 Å². The van der Waals surface area contributed by atoms with Crippen LogP contribution in [0, 0.1) is 0 Å². The minimum Gasteiger partial charge on any atom is -0.480 e. The molecule has 1 aromatic rings. The lowest BCUT2D eigenvalue weighted by Crippen LogP contribution is -2.74. The Morgan fingerprint density at radius 2 is 1.86 bits per heavy atom. The number of aliphatic carboxylic acids is 1. The molecule has 0 aromatic heterocycles. The molecule has 0 unspecified atom stereocenters. The number of amides is 1. The number of nitrogens with one attached hydrogen (secondary N) is 1. The third-order valence-corrected chi connectivity index (χ3v) is 3.46. The number of benzene rings is 1. The lowest BCUT2D eigenvalue weighted by atomic mass is 9.90. The molecule has 0 spiro atoms. The summed E-state index contributed by atoms with van der Waals surface area (Å²) in [6.45, 7) is 5.98. The highest BCUT2D eigenvalue weighted by Crippen LogP contribution is 2.24. The molecular formula is C16H22N2O4. The smallest absolute Gasteiger partial charge is 0.410 e. The second kappa shape index (κ2) is 5.96. The second-order valence-electron chi connectivity index (χ2n) is 6.56. The summed E-state index contributed by atoms with van der Waals surface area (Å²) in [5, 5.41) is 12.5. The molecule has 1 fully saturated rings. The third kappa shape index (κ3) is 3.76. The predicted molar refractivity (Wildman–Crippen MR) is 81.5 cm³/mol. The molecule has 6 heteroatoms.